The summed E-state index contributed by atoms with van der Waals surface area (Å²) in [5, 5.41) is 14.0. The maximum Gasteiger partial charge on any atom is 0.251 e. The van der Waals surface area contributed by atoms with E-state index < -0.39 is 23.6 Å². The average Bonchev–Trinajstić information content (AvgIpc) is 3.63. The van der Waals surface area contributed by atoms with Gasteiger partial charge in [0.05, 0.1) is 17.8 Å². The quantitative estimate of drug-likeness (QED) is 0.276. The maximum atomic E-state index is 14.8. The molecule has 0 amide bonds. The van der Waals surface area contributed by atoms with Gasteiger partial charge in [-0.3, -0.25) is 0 Å². The standard InChI is InChI=1S/C25H21F4N7S/c1-2-15-5-9-35(21(15)17-13-16(26)3-4-19(17)27)20-6-10-36-22(31-20)18(14-30-36)23-32-33-24(37-23)34-11-7-25(28,29)8-12-34/h1,3-4,6,10,13-15,21H,5,7-9,11-12H2/t15-,21-/m1/s1. The molecular formula is C25H21F4N7S. The molecular weight excluding hydrogens is 506 g/mol. The molecule has 0 saturated carbocycles. The van der Waals surface area contributed by atoms with E-state index in [-0.39, 0.29) is 37.4 Å². The van der Waals surface area contributed by atoms with Crippen LogP contribution in [-0.4, -0.2) is 50.4 Å². The van der Waals surface area contributed by atoms with Crippen molar-refractivity contribution >= 4 is 27.9 Å². The molecule has 0 N–H and O–H groups in total. The molecule has 2 fully saturated rings. The topological polar surface area (TPSA) is 62.5 Å². The minimum Gasteiger partial charge on any atom is -0.348 e. The predicted octanol–water partition coefficient (Wildman–Crippen LogP) is 4.96. The predicted molar refractivity (Wildman–Crippen MR) is 132 cm³/mol. The van der Waals surface area contributed by atoms with E-state index in [0.29, 0.717) is 40.1 Å². The zero-order valence-electron chi connectivity index (χ0n) is 19.5. The SMILES string of the molecule is C#C[C@@H]1CCN(c2ccn3ncc(-c4nnc(N5CCC(F)(F)CC5)s4)c3n2)[C@H]1c1cc(F)ccc1F. The molecule has 0 unspecified atom stereocenters. The van der Waals surface area contributed by atoms with E-state index in [1.165, 1.54) is 17.4 Å². The van der Waals surface area contributed by atoms with Gasteiger partial charge in [0.25, 0.3) is 5.92 Å². The lowest BCUT2D eigenvalue weighted by molar-refractivity contribution is -0.0220. The third-order valence-electron chi connectivity index (χ3n) is 6.95. The van der Waals surface area contributed by atoms with Crippen LogP contribution in [0.4, 0.5) is 28.5 Å². The number of aromatic nitrogens is 5. The number of anilines is 2. The molecule has 0 aliphatic carbocycles. The van der Waals surface area contributed by atoms with Crippen LogP contribution in [0.1, 0.15) is 30.9 Å². The van der Waals surface area contributed by atoms with Crippen molar-refractivity contribution in [2.24, 2.45) is 5.92 Å². The molecule has 3 aromatic heterocycles. The lowest BCUT2D eigenvalue weighted by Gasteiger charge is -2.30. The molecule has 190 valence electrons. The van der Waals surface area contributed by atoms with Gasteiger partial charge in [0.2, 0.25) is 5.13 Å². The highest BCUT2D eigenvalue weighted by molar-refractivity contribution is 7.18. The number of hydrogen-bond acceptors (Lipinski definition) is 7. The first-order chi connectivity index (χ1) is 17.8. The van der Waals surface area contributed by atoms with Gasteiger partial charge in [0.1, 0.15) is 17.5 Å². The Hall–Kier alpha value is -3.72. The Balaban J connectivity index is 1.34. The largest absolute Gasteiger partial charge is 0.348 e. The zero-order chi connectivity index (χ0) is 25.7. The molecule has 0 spiro atoms. The normalized spacial score (nSPS) is 21.5. The molecule has 5 heterocycles. The average molecular weight is 528 g/mol. The van der Waals surface area contributed by atoms with Crippen LogP contribution in [0.2, 0.25) is 0 Å². The van der Waals surface area contributed by atoms with Gasteiger partial charge < -0.3 is 9.80 Å². The van der Waals surface area contributed by atoms with Crippen molar-refractivity contribution in [1.29, 1.82) is 0 Å². The van der Waals surface area contributed by atoms with E-state index in [1.807, 2.05) is 9.80 Å². The third-order valence-corrected chi connectivity index (χ3v) is 7.96. The van der Waals surface area contributed by atoms with Crippen LogP contribution >= 0.6 is 11.3 Å². The molecule has 2 atom stereocenters. The molecule has 0 bridgehead atoms. The number of piperidine rings is 1. The van der Waals surface area contributed by atoms with E-state index in [2.05, 4.69) is 21.2 Å². The summed E-state index contributed by atoms with van der Waals surface area (Å²) >= 11 is 1.29. The van der Waals surface area contributed by atoms with Crippen LogP contribution in [0, 0.1) is 29.9 Å². The lowest BCUT2D eigenvalue weighted by Crippen LogP contribution is -2.39. The summed E-state index contributed by atoms with van der Waals surface area (Å²) in [5.41, 5.74) is 1.33. The Kier molecular flexibility index (Phi) is 5.75. The second-order valence-electron chi connectivity index (χ2n) is 9.21. The number of fused-ring (bicyclic) bond motifs is 1. The van der Waals surface area contributed by atoms with Crippen molar-refractivity contribution < 1.29 is 17.6 Å². The molecule has 2 saturated heterocycles. The molecule has 6 rings (SSSR count). The van der Waals surface area contributed by atoms with Crippen LogP contribution in [-0.2, 0) is 0 Å². The lowest BCUT2D eigenvalue weighted by atomic mass is 9.94. The first kappa shape index (κ1) is 23.7. The highest BCUT2D eigenvalue weighted by Crippen LogP contribution is 2.41. The fraction of sp³-hybridized carbons (Fsp3) is 0.360. The minimum absolute atomic E-state index is 0.191. The van der Waals surface area contributed by atoms with Crippen LogP contribution in [0.3, 0.4) is 0 Å². The first-order valence-electron chi connectivity index (χ1n) is 11.8. The Bertz CT molecular complexity index is 1500. The number of nitrogens with zero attached hydrogens (tertiary/aromatic N) is 7. The molecule has 1 aromatic carbocycles. The Morgan fingerprint density at radius 2 is 1.89 bits per heavy atom. The van der Waals surface area contributed by atoms with Crippen LogP contribution < -0.4 is 9.80 Å². The summed E-state index contributed by atoms with van der Waals surface area (Å²) in [6.07, 6.45) is 9.28. The van der Waals surface area contributed by atoms with E-state index in [4.69, 9.17) is 11.4 Å². The van der Waals surface area contributed by atoms with E-state index in [9.17, 15) is 17.6 Å². The van der Waals surface area contributed by atoms with Crippen LogP contribution in [0.5, 0.6) is 0 Å². The number of terminal acetylenes is 1. The highest BCUT2D eigenvalue weighted by Gasteiger charge is 2.38. The van der Waals surface area contributed by atoms with Gasteiger partial charge >= 0.3 is 0 Å². The molecule has 12 heteroatoms. The Morgan fingerprint density at radius 1 is 1.08 bits per heavy atom. The van der Waals surface area contributed by atoms with Crippen molar-refractivity contribution in [1.82, 2.24) is 24.8 Å². The summed E-state index contributed by atoms with van der Waals surface area (Å²) in [6, 6.07) is 4.55. The fourth-order valence-electron chi connectivity index (χ4n) is 5.00. The van der Waals surface area contributed by atoms with E-state index in [0.717, 1.165) is 12.1 Å². The van der Waals surface area contributed by atoms with Crippen molar-refractivity contribution in [2.45, 2.75) is 31.2 Å². The molecule has 2 aliphatic heterocycles. The van der Waals surface area contributed by atoms with Crippen molar-refractivity contribution in [3.05, 3.63) is 53.9 Å². The van der Waals surface area contributed by atoms with Gasteiger partial charge in [0.15, 0.2) is 10.7 Å². The van der Waals surface area contributed by atoms with Crippen molar-refractivity contribution in [3.63, 3.8) is 0 Å². The number of benzene rings is 1. The summed E-state index contributed by atoms with van der Waals surface area (Å²) in [5.74, 6) is -0.759. The molecule has 7 nitrogen and oxygen atoms in total. The van der Waals surface area contributed by atoms with Crippen LogP contribution in [0.25, 0.3) is 16.2 Å². The monoisotopic (exact) mass is 527 g/mol. The van der Waals surface area contributed by atoms with Gasteiger partial charge in [0, 0.05) is 50.2 Å². The van der Waals surface area contributed by atoms with E-state index >= 15 is 0 Å². The summed E-state index contributed by atoms with van der Waals surface area (Å²) in [7, 11) is 0. The van der Waals surface area contributed by atoms with Gasteiger partial charge in [-0.15, -0.1) is 22.5 Å². The molecule has 4 aromatic rings. The summed E-state index contributed by atoms with van der Waals surface area (Å²) < 4.78 is 57.5. The van der Waals surface area contributed by atoms with Gasteiger partial charge in [-0.1, -0.05) is 11.3 Å². The maximum absolute atomic E-state index is 14.8. The van der Waals surface area contributed by atoms with Gasteiger partial charge in [-0.05, 0) is 30.7 Å². The minimum atomic E-state index is -2.65. The molecule has 2 aliphatic rings. The Morgan fingerprint density at radius 3 is 2.68 bits per heavy atom. The van der Waals surface area contributed by atoms with Crippen molar-refractivity contribution in [3.8, 4) is 22.9 Å². The molecule has 37 heavy (non-hydrogen) atoms. The number of hydrogen-bond donors (Lipinski definition) is 0. The first-order valence-corrected chi connectivity index (χ1v) is 12.6. The number of halogens is 4. The Labute approximate surface area is 213 Å². The number of alkyl halides is 2. The fourth-order valence-corrected chi connectivity index (χ4v) is 5.90. The van der Waals surface area contributed by atoms with Crippen LogP contribution in [0.15, 0.2) is 36.7 Å². The smallest absolute Gasteiger partial charge is 0.251 e. The summed E-state index contributed by atoms with van der Waals surface area (Å²) in [4.78, 5) is 8.50. The van der Waals surface area contributed by atoms with E-state index in [1.54, 1.807) is 23.0 Å². The van der Waals surface area contributed by atoms with Crippen molar-refractivity contribution in [2.75, 3.05) is 29.4 Å². The second-order valence-corrected chi connectivity index (χ2v) is 10.2. The zero-order valence-corrected chi connectivity index (χ0v) is 20.3. The second kappa shape index (κ2) is 8.99. The molecule has 0 radical (unpaired) electrons. The third kappa shape index (κ3) is 4.27. The summed E-state index contributed by atoms with van der Waals surface area (Å²) in [6.45, 7) is 0.939. The van der Waals surface area contributed by atoms with Gasteiger partial charge in [-0.25, -0.2) is 27.1 Å². The van der Waals surface area contributed by atoms with Gasteiger partial charge in [-0.2, -0.15) is 5.10 Å². The highest BCUT2D eigenvalue weighted by atomic mass is 32.1. The number of rotatable bonds is 4.